The fourth-order valence-corrected chi connectivity index (χ4v) is 2.82. The topological polar surface area (TPSA) is 49.8 Å². The van der Waals surface area contributed by atoms with Gasteiger partial charge in [0.1, 0.15) is 5.75 Å². The number of carboxylic acid groups (broad SMARTS) is 1. The number of ether oxygens (including phenoxy) is 1. The summed E-state index contributed by atoms with van der Waals surface area (Å²) in [5.74, 6) is 0.758. The molecule has 1 unspecified atom stereocenters. The first-order valence-corrected chi connectivity index (χ1v) is 7.72. The molecule has 0 aromatic heterocycles. The van der Waals surface area contributed by atoms with Gasteiger partial charge in [-0.3, -0.25) is 9.69 Å². The van der Waals surface area contributed by atoms with Crippen LogP contribution in [-0.2, 0) is 11.3 Å². The summed E-state index contributed by atoms with van der Waals surface area (Å²) < 4.78 is 5.64. The smallest absolute Gasteiger partial charge is 0.303 e. The van der Waals surface area contributed by atoms with E-state index < -0.39 is 5.97 Å². The fraction of sp³-hybridized carbons (Fsp3) is 0.588. The summed E-state index contributed by atoms with van der Waals surface area (Å²) in [6.07, 6.45) is 2.40. The molecule has 1 aliphatic heterocycles. The van der Waals surface area contributed by atoms with E-state index in [1.807, 2.05) is 26.0 Å². The molecule has 4 heteroatoms. The molecule has 1 fully saturated rings. The Kier molecular flexibility index (Phi) is 5.62. The predicted octanol–water partition coefficient (Wildman–Crippen LogP) is 3.16. The van der Waals surface area contributed by atoms with Crippen LogP contribution in [0.25, 0.3) is 0 Å². The van der Waals surface area contributed by atoms with E-state index >= 15 is 0 Å². The zero-order chi connectivity index (χ0) is 15.2. The summed E-state index contributed by atoms with van der Waals surface area (Å²) in [4.78, 5) is 13.0. The van der Waals surface area contributed by atoms with Gasteiger partial charge >= 0.3 is 5.97 Å². The zero-order valence-corrected chi connectivity index (χ0v) is 12.9. The monoisotopic (exact) mass is 291 g/mol. The van der Waals surface area contributed by atoms with Crippen molar-refractivity contribution in [2.45, 2.75) is 45.8 Å². The average Bonchev–Trinajstić information content (AvgIpc) is 2.86. The molecule has 2 rings (SSSR count). The van der Waals surface area contributed by atoms with Crippen LogP contribution in [0.1, 0.15) is 38.7 Å². The maximum atomic E-state index is 10.6. The molecule has 1 aromatic rings. The molecule has 0 saturated carbocycles. The van der Waals surface area contributed by atoms with E-state index in [9.17, 15) is 4.79 Å². The number of likely N-dealkylation sites (tertiary alicyclic amines) is 1. The quantitative estimate of drug-likeness (QED) is 0.838. The predicted molar refractivity (Wildman–Crippen MR) is 82.5 cm³/mol. The van der Waals surface area contributed by atoms with E-state index in [1.54, 1.807) is 0 Å². The molecule has 1 aliphatic rings. The van der Waals surface area contributed by atoms with Gasteiger partial charge in [0.15, 0.2) is 0 Å². The van der Waals surface area contributed by atoms with E-state index in [4.69, 9.17) is 9.84 Å². The van der Waals surface area contributed by atoms with Crippen molar-refractivity contribution in [3.8, 4) is 5.75 Å². The Morgan fingerprint density at radius 3 is 2.71 bits per heavy atom. The standard InChI is InChI=1S/C17H25NO3/c1-13(2)21-16-6-3-14(4-7-16)11-18-10-9-15(12-18)5-8-17(19)20/h3-4,6-7,13,15H,5,8-12H2,1-2H3,(H,19,20). The third kappa shape index (κ3) is 5.38. The van der Waals surface area contributed by atoms with Crippen LogP contribution in [-0.4, -0.2) is 35.2 Å². The van der Waals surface area contributed by atoms with Gasteiger partial charge < -0.3 is 9.84 Å². The SMILES string of the molecule is CC(C)Oc1ccc(CN2CCC(CCC(=O)O)C2)cc1. The van der Waals surface area contributed by atoms with Crippen LogP contribution in [0.4, 0.5) is 0 Å². The Hall–Kier alpha value is -1.55. The summed E-state index contributed by atoms with van der Waals surface area (Å²) in [5, 5.41) is 8.74. The number of hydrogen-bond donors (Lipinski definition) is 1. The Labute approximate surface area is 126 Å². The van der Waals surface area contributed by atoms with Crippen LogP contribution in [0, 0.1) is 5.92 Å². The Bertz CT molecular complexity index is 456. The number of carbonyl (C=O) groups is 1. The van der Waals surface area contributed by atoms with Crippen molar-refractivity contribution in [3.05, 3.63) is 29.8 Å². The molecule has 0 amide bonds. The minimum absolute atomic E-state index is 0.199. The normalized spacial score (nSPS) is 19.1. The van der Waals surface area contributed by atoms with E-state index in [0.29, 0.717) is 12.3 Å². The molecular formula is C17H25NO3. The maximum absolute atomic E-state index is 10.6. The first-order valence-electron chi connectivity index (χ1n) is 7.72. The number of hydrogen-bond acceptors (Lipinski definition) is 3. The first kappa shape index (κ1) is 15.8. The molecule has 4 nitrogen and oxygen atoms in total. The maximum Gasteiger partial charge on any atom is 0.303 e. The summed E-state index contributed by atoms with van der Waals surface area (Å²) >= 11 is 0. The largest absolute Gasteiger partial charge is 0.491 e. The van der Waals surface area contributed by atoms with Crippen LogP contribution in [0.5, 0.6) is 5.75 Å². The lowest BCUT2D eigenvalue weighted by molar-refractivity contribution is -0.137. The highest BCUT2D eigenvalue weighted by molar-refractivity contribution is 5.66. The Balaban J connectivity index is 1.78. The zero-order valence-electron chi connectivity index (χ0n) is 12.9. The van der Waals surface area contributed by atoms with Gasteiger partial charge in [0, 0.05) is 19.5 Å². The second kappa shape index (κ2) is 7.46. The van der Waals surface area contributed by atoms with E-state index in [-0.39, 0.29) is 6.10 Å². The van der Waals surface area contributed by atoms with E-state index in [2.05, 4.69) is 17.0 Å². The van der Waals surface area contributed by atoms with Gasteiger partial charge in [0.25, 0.3) is 0 Å². The number of carboxylic acids is 1. The number of rotatable bonds is 7. The Morgan fingerprint density at radius 2 is 2.10 bits per heavy atom. The number of nitrogens with zero attached hydrogens (tertiary/aromatic N) is 1. The van der Waals surface area contributed by atoms with Crippen molar-refractivity contribution >= 4 is 5.97 Å². The number of aliphatic carboxylic acids is 1. The van der Waals surface area contributed by atoms with Crippen molar-refractivity contribution < 1.29 is 14.6 Å². The van der Waals surface area contributed by atoms with Crippen molar-refractivity contribution in [1.29, 1.82) is 0 Å². The van der Waals surface area contributed by atoms with Gasteiger partial charge in [-0.05, 0) is 56.8 Å². The molecule has 21 heavy (non-hydrogen) atoms. The van der Waals surface area contributed by atoms with Gasteiger partial charge in [-0.1, -0.05) is 12.1 Å². The molecule has 1 aromatic carbocycles. The number of benzene rings is 1. The summed E-state index contributed by atoms with van der Waals surface area (Å²) in [6, 6.07) is 8.27. The average molecular weight is 291 g/mol. The molecule has 1 atom stereocenters. The van der Waals surface area contributed by atoms with Crippen molar-refractivity contribution in [2.24, 2.45) is 5.92 Å². The summed E-state index contributed by atoms with van der Waals surface area (Å²) in [7, 11) is 0. The van der Waals surface area contributed by atoms with Crippen LogP contribution in [0.15, 0.2) is 24.3 Å². The second-order valence-electron chi connectivity index (χ2n) is 6.13. The molecule has 0 bridgehead atoms. The van der Waals surface area contributed by atoms with Crippen molar-refractivity contribution in [1.82, 2.24) is 4.90 Å². The van der Waals surface area contributed by atoms with Crippen LogP contribution >= 0.6 is 0 Å². The molecule has 1 saturated heterocycles. The van der Waals surface area contributed by atoms with E-state index in [0.717, 1.165) is 38.2 Å². The summed E-state index contributed by atoms with van der Waals surface area (Å²) in [6.45, 7) is 7.06. The van der Waals surface area contributed by atoms with Gasteiger partial charge in [-0.15, -0.1) is 0 Å². The molecule has 0 spiro atoms. The Morgan fingerprint density at radius 1 is 1.38 bits per heavy atom. The molecule has 116 valence electrons. The highest BCUT2D eigenvalue weighted by Crippen LogP contribution is 2.23. The van der Waals surface area contributed by atoms with Gasteiger partial charge in [-0.25, -0.2) is 0 Å². The van der Waals surface area contributed by atoms with Gasteiger partial charge in [-0.2, -0.15) is 0 Å². The molecule has 0 radical (unpaired) electrons. The third-order valence-corrected chi connectivity index (χ3v) is 3.84. The van der Waals surface area contributed by atoms with E-state index in [1.165, 1.54) is 5.56 Å². The lowest BCUT2D eigenvalue weighted by Crippen LogP contribution is -2.20. The first-order chi connectivity index (χ1) is 10.0. The highest BCUT2D eigenvalue weighted by atomic mass is 16.5. The van der Waals surface area contributed by atoms with Crippen molar-refractivity contribution in [2.75, 3.05) is 13.1 Å². The minimum Gasteiger partial charge on any atom is -0.491 e. The molecule has 0 aliphatic carbocycles. The van der Waals surface area contributed by atoms with Crippen molar-refractivity contribution in [3.63, 3.8) is 0 Å². The lowest BCUT2D eigenvalue weighted by atomic mass is 10.0. The second-order valence-corrected chi connectivity index (χ2v) is 6.13. The summed E-state index contributed by atoms with van der Waals surface area (Å²) in [5.41, 5.74) is 1.28. The van der Waals surface area contributed by atoms with Crippen LogP contribution in [0.3, 0.4) is 0 Å². The fourth-order valence-electron chi connectivity index (χ4n) is 2.82. The van der Waals surface area contributed by atoms with Gasteiger partial charge in [0.05, 0.1) is 6.10 Å². The van der Waals surface area contributed by atoms with Crippen LogP contribution in [0.2, 0.25) is 0 Å². The van der Waals surface area contributed by atoms with Crippen LogP contribution < -0.4 is 4.74 Å². The highest BCUT2D eigenvalue weighted by Gasteiger charge is 2.22. The molecule has 1 heterocycles. The lowest BCUT2D eigenvalue weighted by Gasteiger charge is -2.16. The minimum atomic E-state index is -0.686. The molecule has 1 N–H and O–H groups in total. The van der Waals surface area contributed by atoms with Gasteiger partial charge in [0.2, 0.25) is 0 Å². The third-order valence-electron chi connectivity index (χ3n) is 3.84. The molecular weight excluding hydrogens is 266 g/mol.